The average Bonchev–Trinajstić information content (AvgIpc) is 2.35. The van der Waals surface area contributed by atoms with Gasteiger partial charge in [0.05, 0.1) is 16.2 Å². The van der Waals surface area contributed by atoms with E-state index in [1.807, 2.05) is 24.3 Å². The standard InChI is InChI=1S/C14H21ClN2/c1-11-6-4-5-9-14(11,10-16)17-13-8-3-2-7-12(13)15/h2-3,7-8,11,17H,4-6,9-10,16H2,1H3. The molecule has 0 saturated heterocycles. The number of nitrogens with two attached hydrogens (primary N) is 1. The average molecular weight is 253 g/mol. The Hall–Kier alpha value is -0.730. The Kier molecular flexibility index (Phi) is 3.95. The highest BCUT2D eigenvalue weighted by molar-refractivity contribution is 6.33. The van der Waals surface area contributed by atoms with Crippen molar-refractivity contribution in [2.75, 3.05) is 11.9 Å². The monoisotopic (exact) mass is 252 g/mol. The molecule has 0 amide bonds. The molecule has 94 valence electrons. The fourth-order valence-electron chi connectivity index (χ4n) is 2.78. The second kappa shape index (κ2) is 5.28. The summed E-state index contributed by atoms with van der Waals surface area (Å²) in [6.07, 6.45) is 4.94. The third kappa shape index (κ3) is 2.58. The number of anilines is 1. The van der Waals surface area contributed by atoms with Crippen LogP contribution in [0.25, 0.3) is 0 Å². The summed E-state index contributed by atoms with van der Waals surface area (Å²) >= 11 is 6.21. The van der Waals surface area contributed by atoms with E-state index in [1.54, 1.807) is 0 Å². The molecule has 1 aliphatic carbocycles. The van der Waals surface area contributed by atoms with Crippen molar-refractivity contribution < 1.29 is 0 Å². The molecule has 0 bridgehead atoms. The Morgan fingerprint density at radius 3 is 2.82 bits per heavy atom. The Morgan fingerprint density at radius 2 is 2.18 bits per heavy atom. The normalized spacial score (nSPS) is 29.0. The molecule has 1 aromatic rings. The van der Waals surface area contributed by atoms with E-state index in [4.69, 9.17) is 17.3 Å². The fraction of sp³-hybridized carbons (Fsp3) is 0.571. The lowest BCUT2D eigenvalue weighted by Gasteiger charge is -2.43. The predicted octanol–water partition coefficient (Wildman–Crippen LogP) is 3.66. The third-order valence-electron chi connectivity index (χ3n) is 4.08. The Morgan fingerprint density at radius 1 is 1.41 bits per heavy atom. The number of para-hydroxylation sites is 1. The number of halogens is 1. The summed E-state index contributed by atoms with van der Waals surface area (Å²) in [5, 5.41) is 4.38. The first-order chi connectivity index (χ1) is 8.18. The Balaban J connectivity index is 2.22. The highest BCUT2D eigenvalue weighted by Gasteiger charge is 2.37. The van der Waals surface area contributed by atoms with Crippen molar-refractivity contribution in [3.05, 3.63) is 29.3 Å². The van der Waals surface area contributed by atoms with Crippen LogP contribution >= 0.6 is 11.6 Å². The van der Waals surface area contributed by atoms with E-state index in [9.17, 15) is 0 Å². The molecule has 3 heteroatoms. The van der Waals surface area contributed by atoms with Crippen molar-refractivity contribution in [3.8, 4) is 0 Å². The maximum absolute atomic E-state index is 6.21. The van der Waals surface area contributed by atoms with E-state index in [1.165, 1.54) is 19.3 Å². The van der Waals surface area contributed by atoms with Crippen LogP contribution in [0.3, 0.4) is 0 Å². The minimum absolute atomic E-state index is 0.0171. The molecular weight excluding hydrogens is 232 g/mol. The van der Waals surface area contributed by atoms with Crippen LogP contribution in [0, 0.1) is 5.92 Å². The summed E-state index contributed by atoms with van der Waals surface area (Å²) in [7, 11) is 0. The van der Waals surface area contributed by atoms with Gasteiger partial charge in [0.1, 0.15) is 0 Å². The van der Waals surface area contributed by atoms with Crippen LogP contribution in [0.4, 0.5) is 5.69 Å². The van der Waals surface area contributed by atoms with Crippen LogP contribution in [0.15, 0.2) is 24.3 Å². The van der Waals surface area contributed by atoms with Gasteiger partial charge in [0, 0.05) is 6.54 Å². The van der Waals surface area contributed by atoms with Gasteiger partial charge >= 0.3 is 0 Å². The van der Waals surface area contributed by atoms with Crippen LogP contribution in [-0.2, 0) is 0 Å². The number of hydrogen-bond donors (Lipinski definition) is 2. The molecule has 0 aliphatic heterocycles. The molecule has 2 nitrogen and oxygen atoms in total. The molecule has 0 aromatic heterocycles. The summed E-state index contributed by atoms with van der Waals surface area (Å²) in [6, 6.07) is 7.90. The molecule has 2 atom stereocenters. The maximum Gasteiger partial charge on any atom is 0.0637 e. The minimum Gasteiger partial charge on any atom is -0.377 e. The lowest BCUT2D eigenvalue weighted by Crippen LogP contribution is -2.52. The molecule has 0 radical (unpaired) electrons. The molecule has 1 fully saturated rings. The van der Waals surface area contributed by atoms with Gasteiger partial charge in [-0.25, -0.2) is 0 Å². The summed E-state index contributed by atoms with van der Waals surface area (Å²) < 4.78 is 0. The molecule has 1 aromatic carbocycles. The van der Waals surface area contributed by atoms with Crippen LogP contribution in [-0.4, -0.2) is 12.1 Å². The maximum atomic E-state index is 6.21. The molecule has 2 rings (SSSR count). The second-order valence-corrected chi connectivity index (χ2v) is 5.52. The van der Waals surface area contributed by atoms with Crippen LogP contribution < -0.4 is 11.1 Å². The summed E-state index contributed by atoms with van der Waals surface area (Å²) in [4.78, 5) is 0. The zero-order chi connectivity index (χ0) is 12.3. The SMILES string of the molecule is CC1CCCCC1(CN)Nc1ccccc1Cl. The van der Waals surface area contributed by atoms with Crippen LogP contribution in [0.5, 0.6) is 0 Å². The smallest absolute Gasteiger partial charge is 0.0637 e. The van der Waals surface area contributed by atoms with E-state index in [0.717, 1.165) is 17.1 Å². The van der Waals surface area contributed by atoms with Gasteiger partial charge in [-0.3, -0.25) is 0 Å². The van der Waals surface area contributed by atoms with Gasteiger partial charge in [-0.2, -0.15) is 0 Å². The van der Waals surface area contributed by atoms with E-state index in [2.05, 4.69) is 12.2 Å². The lowest BCUT2D eigenvalue weighted by molar-refractivity contribution is 0.235. The fourth-order valence-corrected chi connectivity index (χ4v) is 2.97. The molecule has 17 heavy (non-hydrogen) atoms. The molecule has 0 spiro atoms. The van der Waals surface area contributed by atoms with Crippen molar-refractivity contribution in [2.24, 2.45) is 11.7 Å². The van der Waals surface area contributed by atoms with Gasteiger partial charge in [0.25, 0.3) is 0 Å². The van der Waals surface area contributed by atoms with Gasteiger partial charge in [0.15, 0.2) is 0 Å². The van der Waals surface area contributed by atoms with E-state index >= 15 is 0 Å². The van der Waals surface area contributed by atoms with Crippen LogP contribution in [0.1, 0.15) is 32.6 Å². The summed E-state index contributed by atoms with van der Waals surface area (Å²) in [6.45, 7) is 2.95. The predicted molar refractivity (Wildman–Crippen MR) is 74.5 cm³/mol. The zero-order valence-electron chi connectivity index (χ0n) is 10.4. The number of rotatable bonds is 3. The Bertz CT molecular complexity index is 380. The molecular formula is C14H21ClN2. The number of benzene rings is 1. The Labute approximate surface area is 109 Å². The first-order valence-corrected chi connectivity index (χ1v) is 6.78. The van der Waals surface area contributed by atoms with Gasteiger partial charge in [-0.05, 0) is 30.9 Å². The molecule has 2 unspecified atom stereocenters. The highest BCUT2D eigenvalue weighted by Crippen LogP contribution is 2.37. The largest absolute Gasteiger partial charge is 0.377 e. The second-order valence-electron chi connectivity index (χ2n) is 5.11. The third-order valence-corrected chi connectivity index (χ3v) is 4.40. The van der Waals surface area contributed by atoms with E-state index < -0.39 is 0 Å². The van der Waals surface area contributed by atoms with E-state index in [-0.39, 0.29) is 5.54 Å². The van der Waals surface area contributed by atoms with Gasteiger partial charge in [-0.1, -0.05) is 43.5 Å². The zero-order valence-corrected chi connectivity index (χ0v) is 11.1. The van der Waals surface area contributed by atoms with Crippen molar-refractivity contribution >= 4 is 17.3 Å². The van der Waals surface area contributed by atoms with Crippen molar-refractivity contribution in [3.63, 3.8) is 0 Å². The highest BCUT2D eigenvalue weighted by atomic mass is 35.5. The molecule has 1 saturated carbocycles. The molecule has 3 N–H and O–H groups in total. The summed E-state index contributed by atoms with van der Waals surface area (Å²) in [5.41, 5.74) is 7.05. The molecule has 1 aliphatic rings. The van der Waals surface area contributed by atoms with Crippen LogP contribution in [0.2, 0.25) is 5.02 Å². The van der Waals surface area contributed by atoms with Gasteiger partial charge in [0.2, 0.25) is 0 Å². The van der Waals surface area contributed by atoms with Gasteiger partial charge in [-0.15, -0.1) is 0 Å². The summed E-state index contributed by atoms with van der Waals surface area (Å²) in [5.74, 6) is 0.595. The first kappa shape index (κ1) is 12.7. The molecule has 0 heterocycles. The van der Waals surface area contributed by atoms with E-state index in [0.29, 0.717) is 12.5 Å². The van der Waals surface area contributed by atoms with Crippen molar-refractivity contribution in [2.45, 2.75) is 38.1 Å². The van der Waals surface area contributed by atoms with Crippen molar-refractivity contribution in [1.29, 1.82) is 0 Å². The quantitative estimate of drug-likeness (QED) is 0.862. The van der Waals surface area contributed by atoms with Crippen molar-refractivity contribution in [1.82, 2.24) is 0 Å². The number of nitrogens with one attached hydrogen (secondary N) is 1. The van der Waals surface area contributed by atoms with Gasteiger partial charge < -0.3 is 11.1 Å². The number of hydrogen-bond acceptors (Lipinski definition) is 2. The topological polar surface area (TPSA) is 38.0 Å². The lowest BCUT2D eigenvalue weighted by atomic mass is 9.73. The first-order valence-electron chi connectivity index (χ1n) is 6.41. The minimum atomic E-state index is 0.0171.